The van der Waals surface area contributed by atoms with Crippen LogP contribution < -0.4 is 4.18 Å². The van der Waals surface area contributed by atoms with Gasteiger partial charge < -0.3 is 14.3 Å². The quantitative estimate of drug-likeness (QED) is 0.487. The average Bonchev–Trinajstić information content (AvgIpc) is 2.41. The van der Waals surface area contributed by atoms with Crippen molar-refractivity contribution in [3.05, 3.63) is 58.0 Å². The van der Waals surface area contributed by atoms with E-state index in [0.717, 1.165) is 30.3 Å². The van der Waals surface area contributed by atoms with E-state index in [9.17, 15) is 22.9 Å². The Bertz CT molecular complexity index is 790. The number of halogens is 1. The largest absolute Gasteiger partial charge is 0.408 e. The zero-order chi connectivity index (χ0) is 15.6. The van der Waals surface area contributed by atoms with Crippen molar-refractivity contribution in [3.63, 3.8) is 0 Å². The summed E-state index contributed by atoms with van der Waals surface area (Å²) in [5.41, 5.74) is 0.341. The fourth-order valence-electron chi connectivity index (χ4n) is 1.49. The molecular formula is C12H9FN2O5S. The summed E-state index contributed by atoms with van der Waals surface area (Å²) >= 11 is 0. The van der Waals surface area contributed by atoms with Crippen molar-refractivity contribution in [1.29, 1.82) is 0 Å². The first kappa shape index (κ1) is 14.9. The minimum absolute atomic E-state index is 0.321. The highest BCUT2D eigenvalue weighted by Crippen LogP contribution is 2.27. The van der Waals surface area contributed by atoms with Gasteiger partial charge in [0.15, 0.2) is 0 Å². The van der Waals surface area contributed by atoms with E-state index in [0.29, 0.717) is 5.69 Å². The fourth-order valence-corrected chi connectivity index (χ4v) is 2.43. The van der Waals surface area contributed by atoms with Crippen LogP contribution >= 0.6 is 0 Å². The molecule has 7 nitrogen and oxygen atoms in total. The number of rotatable bonds is 4. The smallest absolute Gasteiger partial charge is 0.370 e. The standard InChI is InChI=1S/C12H9FN2O5S/c1-8-2-7-11(12(14-8)15(16)17)20-21(18,19)10-5-3-9(13)4-6-10/h2-7H,1H3. The fraction of sp³-hybridized carbons (Fsp3) is 0.0833. The topological polar surface area (TPSA) is 99.4 Å². The van der Waals surface area contributed by atoms with E-state index in [1.807, 2.05) is 0 Å². The molecular weight excluding hydrogens is 303 g/mol. The molecule has 0 aliphatic carbocycles. The van der Waals surface area contributed by atoms with E-state index in [1.54, 1.807) is 0 Å². The molecule has 21 heavy (non-hydrogen) atoms. The summed E-state index contributed by atoms with van der Waals surface area (Å²) in [6.45, 7) is 1.52. The Morgan fingerprint density at radius 2 is 1.81 bits per heavy atom. The van der Waals surface area contributed by atoms with Gasteiger partial charge >= 0.3 is 15.9 Å². The predicted octanol–water partition coefficient (Wildman–Crippen LogP) is 2.21. The van der Waals surface area contributed by atoms with Crippen molar-refractivity contribution < 1.29 is 21.9 Å². The highest BCUT2D eigenvalue weighted by atomic mass is 32.2. The van der Waals surface area contributed by atoms with Gasteiger partial charge in [0, 0.05) is 6.92 Å². The van der Waals surface area contributed by atoms with E-state index in [-0.39, 0.29) is 4.90 Å². The molecule has 1 heterocycles. The Labute approximate surface area is 119 Å². The number of nitrogens with zero attached hydrogens (tertiary/aromatic N) is 2. The molecule has 2 rings (SSSR count). The number of benzene rings is 1. The molecule has 0 radical (unpaired) electrons. The maximum Gasteiger partial charge on any atom is 0.408 e. The van der Waals surface area contributed by atoms with Crippen LogP contribution in [0.4, 0.5) is 10.2 Å². The maximum atomic E-state index is 12.8. The lowest BCUT2D eigenvalue weighted by Gasteiger charge is -2.07. The third-order valence-electron chi connectivity index (χ3n) is 2.45. The van der Waals surface area contributed by atoms with E-state index in [1.165, 1.54) is 13.0 Å². The van der Waals surface area contributed by atoms with Crippen LogP contribution in [0, 0.1) is 22.9 Å². The first-order valence-electron chi connectivity index (χ1n) is 5.62. The van der Waals surface area contributed by atoms with Crippen LogP contribution in [0.5, 0.6) is 5.75 Å². The minimum atomic E-state index is -4.31. The molecule has 0 atom stereocenters. The van der Waals surface area contributed by atoms with Gasteiger partial charge in [-0.2, -0.15) is 8.42 Å². The third-order valence-corrected chi connectivity index (χ3v) is 3.70. The van der Waals surface area contributed by atoms with Gasteiger partial charge in [0.05, 0.1) is 0 Å². The summed E-state index contributed by atoms with van der Waals surface area (Å²) in [5, 5.41) is 10.9. The molecule has 0 saturated carbocycles. The summed E-state index contributed by atoms with van der Waals surface area (Å²) in [4.78, 5) is 13.3. The summed E-state index contributed by atoms with van der Waals surface area (Å²) in [6.07, 6.45) is 0. The normalized spacial score (nSPS) is 11.1. The predicted molar refractivity (Wildman–Crippen MR) is 69.8 cm³/mol. The zero-order valence-electron chi connectivity index (χ0n) is 10.7. The average molecular weight is 312 g/mol. The molecule has 9 heteroatoms. The number of hydrogen-bond acceptors (Lipinski definition) is 6. The van der Waals surface area contributed by atoms with Crippen molar-refractivity contribution >= 4 is 15.9 Å². The lowest BCUT2D eigenvalue weighted by molar-refractivity contribution is -0.390. The van der Waals surface area contributed by atoms with Crippen LogP contribution in [-0.2, 0) is 10.1 Å². The minimum Gasteiger partial charge on any atom is -0.370 e. The van der Waals surface area contributed by atoms with E-state index >= 15 is 0 Å². The Balaban J connectivity index is 2.41. The second-order valence-corrected chi connectivity index (χ2v) is 5.57. The molecule has 0 aliphatic rings. The molecule has 0 saturated heterocycles. The van der Waals surface area contributed by atoms with Crippen LogP contribution in [0.3, 0.4) is 0 Å². The Hall–Kier alpha value is -2.55. The molecule has 0 aliphatic heterocycles. The number of nitro groups is 1. The summed E-state index contributed by atoms with van der Waals surface area (Å²) < 4.78 is 41.5. The second-order valence-electron chi connectivity index (χ2n) is 4.02. The lowest BCUT2D eigenvalue weighted by atomic mass is 10.3. The Kier molecular flexibility index (Phi) is 3.85. The molecule has 110 valence electrons. The van der Waals surface area contributed by atoms with Crippen LogP contribution in [0.1, 0.15) is 5.69 Å². The van der Waals surface area contributed by atoms with E-state index in [2.05, 4.69) is 4.98 Å². The molecule has 0 bridgehead atoms. The number of pyridine rings is 1. The maximum absolute atomic E-state index is 12.8. The van der Waals surface area contributed by atoms with Gasteiger partial charge in [0.2, 0.25) is 5.75 Å². The van der Waals surface area contributed by atoms with Gasteiger partial charge in [-0.05, 0) is 46.3 Å². The summed E-state index contributed by atoms with van der Waals surface area (Å²) in [7, 11) is -4.31. The zero-order valence-corrected chi connectivity index (χ0v) is 11.5. The Morgan fingerprint density at radius 1 is 1.19 bits per heavy atom. The number of aromatic nitrogens is 1. The highest BCUT2D eigenvalue weighted by Gasteiger charge is 2.24. The Morgan fingerprint density at radius 3 is 2.38 bits per heavy atom. The van der Waals surface area contributed by atoms with Crippen molar-refractivity contribution in [2.75, 3.05) is 0 Å². The van der Waals surface area contributed by atoms with Gasteiger partial charge in [-0.15, -0.1) is 0 Å². The number of aryl methyl sites for hydroxylation is 1. The molecule has 2 aromatic rings. The third kappa shape index (κ3) is 3.31. The first-order chi connectivity index (χ1) is 9.79. The van der Waals surface area contributed by atoms with Crippen LogP contribution in [0.25, 0.3) is 0 Å². The van der Waals surface area contributed by atoms with Gasteiger partial charge in [-0.25, -0.2) is 4.39 Å². The molecule has 0 spiro atoms. The van der Waals surface area contributed by atoms with Gasteiger partial charge in [0.1, 0.15) is 16.4 Å². The van der Waals surface area contributed by atoms with Crippen molar-refractivity contribution in [2.24, 2.45) is 0 Å². The van der Waals surface area contributed by atoms with Gasteiger partial charge in [-0.3, -0.25) is 0 Å². The first-order valence-corrected chi connectivity index (χ1v) is 7.02. The van der Waals surface area contributed by atoms with Crippen LogP contribution in [0.2, 0.25) is 0 Å². The van der Waals surface area contributed by atoms with Crippen molar-refractivity contribution in [2.45, 2.75) is 11.8 Å². The molecule has 0 amide bonds. The van der Waals surface area contributed by atoms with Gasteiger partial charge in [-0.1, -0.05) is 0 Å². The van der Waals surface area contributed by atoms with Crippen LogP contribution in [0.15, 0.2) is 41.3 Å². The summed E-state index contributed by atoms with van der Waals surface area (Å²) in [5.74, 6) is -1.83. The van der Waals surface area contributed by atoms with Crippen LogP contribution in [-0.4, -0.2) is 18.3 Å². The molecule has 1 aromatic heterocycles. The lowest BCUT2D eigenvalue weighted by Crippen LogP contribution is -2.11. The summed E-state index contributed by atoms with van der Waals surface area (Å²) in [6, 6.07) is 6.40. The monoisotopic (exact) mass is 312 g/mol. The highest BCUT2D eigenvalue weighted by molar-refractivity contribution is 7.87. The van der Waals surface area contributed by atoms with E-state index in [4.69, 9.17) is 4.18 Å². The SMILES string of the molecule is Cc1ccc(OS(=O)(=O)c2ccc(F)cc2)c([N+](=O)[O-])n1. The molecule has 1 aromatic carbocycles. The van der Waals surface area contributed by atoms with Crippen molar-refractivity contribution in [1.82, 2.24) is 4.98 Å². The molecule has 0 N–H and O–H groups in total. The molecule has 0 unspecified atom stereocenters. The second kappa shape index (κ2) is 5.44. The molecule has 0 fully saturated rings. The number of hydrogen-bond donors (Lipinski definition) is 0. The van der Waals surface area contributed by atoms with Gasteiger partial charge in [0.25, 0.3) is 0 Å². The van der Waals surface area contributed by atoms with Crippen molar-refractivity contribution in [3.8, 4) is 5.75 Å². The van der Waals surface area contributed by atoms with E-state index < -0.39 is 32.4 Å².